The molecule has 0 radical (unpaired) electrons. The van der Waals surface area contributed by atoms with Crippen molar-refractivity contribution in [2.24, 2.45) is 11.7 Å². The van der Waals surface area contributed by atoms with E-state index < -0.39 is 12.0 Å². The summed E-state index contributed by atoms with van der Waals surface area (Å²) >= 11 is 0. The SMILES string of the molecule is N[C@H](C(=O)O)C1CCCCCC1. The van der Waals surface area contributed by atoms with Crippen LogP contribution in [0.3, 0.4) is 0 Å². The largest absolute Gasteiger partial charge is 0.480 e. The second-order valence-electron chi connectivity index (χ2n) is 3.62. The average molecular weight is 171 g/mol. The Bertz CT molecular complexity index is 151. The lowest BCUT2D eigenvalue weighted by Crippen LogP contribution is -2.37. The summed E-state index contributed by atoms with van der Waals surface area (Å²) in [4.78, 5) is 10.6. The van der Waals surface area contributed by atoms with Crippen LogP contribution in [-0.2, 0) is 4.79 Å². The first-order valence-corrected chi connectivity index (χ1v) is 4.70. The zero-order valence-corrected chi connectivity index (χ0v) is 7.33. The van der Waals surface area contributed by atoms with Gasteiger partial charge in [0.25, 0.3) is 0 Å². The Morgan fingerprint density at radius 1 is 1.25 bits per heavy atom. The molecule has 3 heteroatoms. The van der Waals surface area contributed by atoms with Gasteiger partial charge < -0.3 is 10.8 Å². The van der Waals surface area contributed by atoms with Crippen molar-refractivity contribution in [3.05, 3.63) is 0 Å². The molecule has 1 rings (SSSR count). The molecule has 3 N–H and O–H groups in total. The molecule has 1 aliphatic rings. The number of nitrogens with two attached hydrogens (primary N) is 1. The van der Waals surface area contributed by atoms with Crippen molar-refractivity contribution in [3.63, 3.8) is 0 Å². The second-order valence-corrected chi connectivity index (χ2v) is 3.62. The third kappa shape index (κ3) is 2.48. The molecule has 0 aromatic heterocycles. The highest BCUT2D eigenvalue weighted by molar-refractivity contribution is 5.73. The van der Waals surface area contributed by atoms with Gasteiger partial charge in [0, 0.05) is 0 Å². The molecule has 0 bridgehead atoms. The van der Waals surface area contributed by atoms with Gasteiger partial charge in [0.2, 0.25) is 0 Å². The fourth-order valence-electron chi connectivity index (χ4n) is 1.87. The molecule has 3 nitrogen and oxygen atoms in total. The van der Waals surface area contributed by atoms with Crippen LogP contribution in [0.5, 0.6) is 0 Å². The van der Waals surface area contributed by atoms with Crippen LogP contribution in [0.25, 0.3) is 0 Å². The summed E-state index contributed by atoms with van der Waals surface area (Å²) < 4.78 is 0. The van der Waals surface area contributed by atoms with Crippen molar-refractivity contribution < 1.29 is 9.90 Å². The lowest BCUT2D eigenvalue weighted by molar-refractivity contribution is -0.140. The highest BCUT2D eigenvalue weighted by atomic mass is 16.4. The van der Waals surface area contributed by atoms with Crippen molar-refractivity contribution in [3.8, 4) is 0 Å². The number of carboxylic acid groups (broad SMARTS) is 1. The summed E-state index contributed by atoms with van der Waals surface area (Å²) in [5.74, 6) is -0.633. The molecule has 0 heterocycles. The van der Waals surface area contributed by atoms with Gasteiger partial charge in [-0.15, -0.1) is 0 Å². The molecule has 0 aromatic carbocycles. The molecule has 0 amide bonds. The Morgan fingerprint density at radius 2 is 1.75 bits per heavy atom. The molecule has 1 fully saturated rings. The first kappa shape index (κ1) is 9.52. The number of rotatable bonds is 2. The molecule has 0 spiro atoms. The highest BCUT2D eigenvalue weighted by Crippen LogP contribution is 2.24. The van der Waals surface area contributed by atoms with E-state index in [2.05, 4.69) is 0 Å². The summed E-state index contributed by atoms with van der Waals surface area (Å²) in [6.45, 7) is 0. The number of carboxylic acids is 1. The molecule has 1 atom stereocenters. The van der Waals surface area contributed by atoms with Crippen molar-refractivity contribution in [1.82, 2.24) is 0 Å². The molecule has 12 heavy (non-hydrogen) atoms. The van der Waals surface area contributed by atoms with E-state index >= 15 is 0 Å². The standard InChI is InChI=1S/C9H17NO2/c10-8(9(11)12)7-5-3-1-2-4-6-7/h7-8H,1-6,10H2,(H,11,12)/t8-/m0/s1. The maximum atomic E-state index is 10.6. The predicted molar refractivity (Wildman–Crippen MR) is 46.8 cm³/mol. The van der Waals surface area contributed by atoms with Crippen LogP contribution in [0.4, 0.5) is 0 Å². The lowest BCUT2D eigenvalue weighted by atomic mass is 9.93. The minimum Gasteiger partial charge on any atom is -0.480 e. The van der Waals surface area contributed by atoms with Gasteiger partial charge in [-0.2, -0.15) is 0 Å². The summed E-state index contributed by atoms with van der Waals surface area (Å²) in [6, 6.07) is -0.636. The molecule has 70 valence electrons. The maximum Gasteiger partial charge on any atom is 0.320 e. The van der Waals surface area contributed by atoms with Crippen molar-refractivity contribution in [2.45, 2.75) is 44.6 Å². The molecular formula is C9H17NO2. The number of hydrogen-bond acceptors (Lipinski definition) is 2. The van der Waals surface area contributed by atoms with Gasteiger partial charge in [0.1, 0.15) is 6.04 Å². The summed E-state index contributed by atoms with van der Waals surface area (Å²) in [7, 11) is 0. The number of hydrogen-bond donors (Lipinski definition) is 2. The first-order valence-electron chi connectivity index (χ1n) is 4.70. The zero-order chi connectivity index (χ0) is 8.97. The smallest absolute Gasteiger partial charge is 0.320 e. The monoisotopic (exact) mass is 171 g/mol. The second kappa shape index (κ2) is 4.45. The van der Waals surface area contributed by atoms with E-state index in [9.17, 15) is 4.79 Å². The van der Waals surface area contributed by atoms with E-state index in [1.54, 1.807) is 0 Å². The van der Waals surface area contributed by atoms with Crippen molar-refractivity contribution in [2.75, 3.05) is 0 Å². The third-order valence-corrected chi connectivity index (χ3v) is 2.69. The molecule has 0 aliphatic heterocycles. The van der Waals surface area contributed by atoms with Gasteiger partial charge in [-0.25, -0.2) is 0 Å². The molecular weight excluding hydrogens is 154 g/mol. The number of aliphatic carboxylic acids is 1. The molecule has 0 unspecified atom stereocenters. The van der Waals surface area contributed by atoms with Crippen LogP contribution in [0.15, 0.2) is 0 Å². The van der Waals surface area contributed by atoms with Crippen LogP contribution in [0.1, 0.15) is 38.5 Å². The highest BCUT2D eigenvalue weighted by Gasteiger charge is 2.24. The Kier molecular flexibility index (Phi) is 3.53. The van der Waals surface area contributed by atoms with Crippen molar-refractivity contribution >= 4 is 5.97 Å². The fraction of sp³-hybridized carbons (Fsp3) is 0.889. The van der Waals surface area contributed by atoms with Crippen LogP contribution in [0, 0.1) is 5.92 Å². The molecule has 0 saturated heterocycles. The van der Waals surface area contributed by atoms with Gasteiger partial charge in [-0.1, -0.05) is 25.7 Å². The Labute approximate surface area is 72.9 Å². The van der Waals surface area contributed by atoms with Gasteiger partial charge >= 0.3 is 5.97 Å². The summed E-state index contributed by atoms with van der Waals surface area (Å²) in [5.41, 5.74) is 5.56. The normalized spacial score (nSPS) is 23.1. The Balaban J connectivity index is 2.42. The van der Waals surface area contributed by atoms with E-state index in [0.29, 0.717) is 0 Å². The minimum absolute atomic E-state index is 0.213. The van der Waals surface area contributed by atoms with Gasteiger partial charge in [0.15, 0.2) is 0 Å². The van der Waals surface area contributed by atoms with Gasteiger partial charge in [0.05, 0.1) is 0 Å². The quantitative estimate of drug-likeness (QED) is 0.617. The molecule has 1 aliphatic carbocycles. The van der Waals surface area contributed by atoms with Crippen molar-refractivity contribution in [1.29, 1.82) is 0 Å². The molecule has 1 saturated carbocycles. The van der Waals surface area contributed by atoms with Crippen LogP contribution in [-0.4, -0.2) is 17.1 Å². The van der Waals surface area contributed by atoms with E-state index in [-0.39, 0.29) is 5.92 Å². The van der Waals surface area contributed by atoms with E-state index in [1.807, 2.05) is 0 Å². The maximum absolute atomic E-state index is 10.6. The predicted octanol–water partition coefficient (Wildman–Crippen LogP) is 1.37. The summed E-state index contributed by atoms with van der Waals surface area (Å²) in [5, 5.41) is 8.70. The van der Waals surface area contributed by atoms with E-state index in [4.69, 9.17) is 10.8 Å². The fourth-order valence-corrected chi connectivity index (χ4v) is 1.87. The van der Waals surface area contributed by atoms with E-state index in [1.165, 1.54) is 12.8 Å². The minimum atomic E-state index is -0.845. The van der Waals surface area contributed by atoms with E-state index in [0.717, 1.165) is 25.7 Å². The molecule has 0 aromatic rings. The van der Waals surface area contributed by atoms with Gasteiger partial charge in [-0.3, -0.25) is 4.79 Å². The van der Waals surface area contributed by atoms with Gasteiger partial charge in [-0.05, 0) is 18.8 Å². The average Bonchev–Trinajstić information content (AvgIpc) is 2.30. The first-order chi connectivity index (χ1) is 5.72. The zero-order valence-electron chi connectivity index (χ0n) is 7.33. The topological polar surface area (TPSA) is 63.3 Å². The number of carbonyl (C=O) groups is 1. The summed E-state index contributed by atoms with van der Waals surface area (Å²) in [6.07, 6.45) is 6.75. The van der Waals surface area contributed by atoms with Crippen LogP contribution >= 0.6 is 0 Å². The lowest BCUT2D eigenvalue weighted by Gasteiger charge is -2.17. The van der Waals surface area contributed by atoms with Crippen LogP contribution in [0.2, 0.25) is 0 Å². The Hall–Kier alpha value is -0.570. The van der Waals surface area contributed by atoms with Crippen LogP contribution < -0.4 is 5.73 Å². The Morgan fingerprint density at radius 3 is 2.17 bits per heavy atom. The third-order valence-electron chi connectivity index (χ3n) is 2.69.